The highest BCUT2D eigenvalue weighted by Crippen LogP contribution is 2.11. The van der Waals surface area contributed by atoms with Crippen molar-refractivity contribution in [3.05, 3.63) is 72.1 Å². The number of oxime groups is 1. The number of hydrazone groups is 1. The molecule has 1 N–H and O–H groups in total. The molecule has 0 amide bonds. The Morgan fingerprint density at radius 3 is 2.42 bits per heavy atom. The van der Waals surface area contributed by atoms with Gasteiger partial charge in [0.1, 0.15) is 18.1 Å². The molecule has 2 aromatic rings. The first-order chi connectivity index (χ1) is 12.7. The van der Waals surface area contributed by atoms with Crippen molar-refractivity contribution in [3.8, 4) is 5.75 Å². The molecule has 0 aliphatic rings. The average Bonchev–Trinajstić information content (AvgIpc) is 2.69. The van der Waals surface area contributed by atoms with Crippen LogP contribution in [0.15, 0.2) is 64.9 Å². The van der Waals surface area contributed by atoms with Crippen LogP contribution in [0, 0.1) is 6.42 Å². The SMILES string of the molecule is C[CH]C(=NOCc1ccccc1)C(C)=NNCCc1ccc(OC)cc1. The fourth-order valence-corrected chi connectivity index (χ4v) is 2.30. The molecule has 0 aliphatic heterocycles. The molecule has 26 heavy (non-hydrogen) atoms. The van der Waals surface area contributed by atoms with Gasteiger partial charge in [-0.1, -0.05) is 54.5 Å². The minimum Gasteiger partial charge on any atom is -0.497 e. The number of rotatable bonds is 10. The fourth-order valence-electron chi connectivity index (χ4n) is 2.30. The van der Waals surface area contributed by atoms with Gasteiger partial charge in [0.25, 0.3) is 0 Å². The Bertz CT molecular complexity index is 710. The van der Waals surface area contributed by atoms with Crippen LogP contribution in [0.3, 0.4) is 0 Å². The molecule has 5 nitrogen and oxygen atoms in total. The van der Waals surface area contributed by atoms with E-state index in [0.717, 1.165) is 35.7 Å². The molecule has 0 saturated heterocycles. The van der Waals surface area contributed by atoms with Crippen LogP contribution in [-0.2, 0) is 17.9 Å². The monoisotopic (exact) mass is 352 g/mol. The van der Waals surface area contributed by atoms with Crippen molar-refractivity contribution in [3.63, 3.8) is 0 Å². The second kappa shape index (κ2) is 10.9. The summed E-state index contributed by atoms with van der Waals surface area (Å²) in [7, 11) is 1.67. The second-order valence-electron chi connectivity index (χ2n) is 5.73. The van der Waals surface area contributed by atoms with E-state index in [1.807, 2.05) is 62.7 Å². The molecule has 137 valence electrons. The molecule has 2 rings (SSSR count). The summed E-state index contributed by atoms with van der Waals surface area (Å²) in [6, 6.07) is 18.0. The summed E-state index contributed by atoms with van der Waals surface area (Å²) >= 11 is 0. The topological polar surface area (TPSA) is 55.2 Å². The van der Waals surface area contributed by atoms with Gasteiger partial charge in [0.05, 0.1) is 12.8 Å². The lowest BCUT2D eigenvalue weighted by Crippen LogP contribution is -2.18. The van der Waals surface area contributed by atoms with Crippen LogP contribution in [0.25, 0.3) is 0 Å². The van der Waals surface area contributed by atoms with Crippen LogP contribution in [0.5, 0.6) is 5.75 Å². The van der Waals surface area contributed by atoms with E-state index < -0.39 is 0 Å². The molecular formula is C21H26N3O2. The van der Waals surface area contributed by atoms with E-state index in [-0.39, 0.29) is 0 Å². The van der Waals surface area contributed by atoms with Crippen LogP contribution in [-0.4, -0.2) is 25.1 Å². The van der Waals surface area contributed by atoms with Gasteiger partial charge < -0.3 is 15.0 Å². The molecule has 0 saturated carbocycles. The number of nitrogens with one attached hydrogen (secondary N) is 1. The molecule has 0 spiro atoms. The summed E-state index contributed by atoms with van der Waals surface area (Å²) in [5.41, 5.74) is 6.91. The summed E-state index contributed by atoms with van der Waals surface area (Å²) in [5, 5.41) is 8.54. The largest absolute Gasteiger partial charge is 0.497 e. The van der Waals surface area contributed by atoms with E-state index in [4.69, 9.17) is 9.57 Å². The molecule has 2 aromatic carbocycles. The Morgan fingerprint density at radius 1 is 1.04 bits per heavy atom. The first-order valence-corrected chi connectivity index (χ1v) is 8.66. The van der Waals surface area contributed by atoms with E-state index in [1.54, 1.807) is 7.11 Å². The average molecular weight is 352 g/mol. The Hall–Kier alpha value is -2.82. The van der Waals surface area contributed by atoms with Crippen molar-refractivity contribution in [2.75, 3.05) is 13.7 Å². The van der Waals surface area contributed by atoms with E-state index in [0.29, 0.717) is 6.61 Å². The van der Waals surface area contributed by atoms with Crippen molar-refractivity contribution in [2.45, 2.75) is 26.9 Å². The summed E-state index contributed by atoms with van der Waals surface area (Å²) in [4.78, 5) is 5.43. The predicted octanol–water partition coefficient (Wildman–Crippen LogP) is 4.00. The van der Waals surface area contributed by atoms with Gasteiger partial charge in [-0.05, 0) is 36.6 Å². The minimum absolute atomic E-state index is 0.441. The van der Waals surface area contributed by atoms with E-state index in [2.05, 4.69) is 27.8 Å². The van der Waals surface area contributed by atoms with Crippen molar-refractivity contribution < 1.29 is 9.57 Å². The molecule has 5 heteroatoms. The normalized spacial score (nSPS) is 12.0. The molecule has 1 radical (unpaired) electrons. The highest BCUT2D eigenvalue weighted by molar-refractivity contribution is 6.44. The van der Waals surface area contributed by atoms with Crippen molar-refractivity contribution in [1.82, 2.24) is 5.43 Å². The molecule has 0 heterocycles. The number of benzene rings is 2. The van der Waals surface area contributed by atoms with Gasteiger partial charge in [0.2, 0.25) is 0 Å². The maximum Gasteiger partial charge on any atom is 0.142 e. The lowest BCUT2D eigenvalue weighted by Gasteiger charge is -2.06. The molecule has 0 fully saturated rings. The maximum absolute atomic E-state index is 5.43. The standard InChI is InChI=1S/C21H26N3O2/c1-4-21(24-26-16-19-8-6-5-7-9-19)17(2)23-22-15-14-18-10-12-20(25-3)13-11-18/h4-13,22H,14-16H2,1-3H3. The van der Waals surface area contributed by atoms with Crippen molar-refractivity contribution in [1.29, 1.82) is 0 Å². The number of hydrogen-bond acceptors (Lipinski definition) is 5. The van der Waals surface area contributed by atoms with Crippen LogP contribution in [0.4, 0.5) is 0 Å². The van der Waals surface area contributed by atoms with Crippen LogP contribution < -0.4 is 10.2 Å². The van der Waals surface area contributed by atoms with Gasteiger partial charge in [-0.25, -0.2) is 0 Å². The highest BCUT2D eigenvalue weighted by atomic mass is 16.6. The molecule has 0 atom stereocenters. The van der Waals surface area contributed by atoms with E-state index in [1.165, 1.54) is 5.56 Å². The third-order valence-electron chi connectivity index (χ3n) is 3.81. The fraction of sp³-hybridized carbons (Fsp3) is 0.286. The number of hydrogen-bond donors (Lipinski definition) is 1. The molecule has 0 aromatic heterocycles. The number of methoxy groups -OCH3 is 1. The van der Waals surface area contributed by atoms with Gasteiger partial charge >= 0.3 is 0 Å². The maximum atomic E-state index is 5.43. The minimum atomic E-state index is 0.441. The first kappa shape index (κ1) is 19.5. The van der Waals surface area contributed by atoms with Gasteiger partial charge in [0.15, 0.2) is 0 Å². The Kier molecular flexibility index (Phi) is 8.19. The van der Waals surface area contributed by atoms with Crippen LogP contribution >= 0.6 is 0 Å². The number of nitrogens with zero attached hydrogens (tertiary/aromatic N) is 2. The Balaban J connectivity index is 1.78. The highest BCUT2D eigenvalue weighted by Gasteiger charge is 2.03. The Morgan fingerprint density at radius 2 is 1.77 bits per heavy atom. The van der Waals surface area contributed by atoms with Gasteiger partial charge in [0, 0.05) is 13.0 Å². The van der Waals surface area contributed by atoms with E-state index in [9.17, 15) is 0 Å². The summed E-state index contributed by atoms with van der Waals surface area (Å²) in [5.74, 6) is 0.866. The number of ether oxygens (including phenoxy) is 1. The summed E-state index contributed by atoms with van der Waals surface area (Å²) in [6.07, 6.45) is 2.77. The molecule has 0 bridgehead atoms. The third kappa shape index (κ3) is 6.59. The first-order valence-electron chi connectivity index (χ1n) is 8.66. The summed E-state index contributed by atoms with van der Waals surface area (Å²) in [6.45, 7) is 5.01. The molecule has 0 unspecified atom stereocenters. The van der Waals surface area contributed by atoms with Crippen LogP contribution in [0.1, 0.15) is 25.0 Å². The third-order valence-corrected chi connectivity index (χ3v) is 3.81. The van der Waals surface area contributed by atoms with Crippen LogP contribution in [0.2, 0.25) is 0 Å². The zero-order valence-electron chi connectivity index (χ0n) is 15.6. The van der Waals surface area contributed by atoms with Crippen molar-refractivity contribution in [2.24, 2.45) is 10.3 Å². The molecular weight excluding hydrogens is 326 g/mol. The van der Waals surface area contributed by atoms with Crippen molar-refractivity contribution >= 4 is 11.4 Å². The smallest absolute Gasteiger partial charge is 0.142 e. The lowest BCUT2D eigenvalue weighted by molar-refractivity contribution is 0.131. The quantitative estimate of drug-likeness (QED) is 0.399. The van der Waals surface area contributed by atoms with E-state index >= 15 is 0 Å². The van der Waals surface area contributed by atoms with Gasteiger partial charge in [-0.15, -0.1) is 0 Å². The Labute approximate surface area is 155 Å². The van der Waals surface area contributed by atoms with Gasteiger partial charge in [-0.3, -0.25) is 0 Å². The molecule has 0 aliphatic carbocycles. The zero-order valence-corrected chi connectivity index (χ0v) is 15.6. The predicted molar refractivity (Wildman–Crippen MR) is 106 cm³/mol. The summed E-state index contributed by atoms with van der Waals surface area (Å²) < 4.78 is 5.16. The van der Waals surface area contributed by atoms with Gasteiger partial charge in [-0.2, -0.15) is 5.10 Å². The second-order valence-corrected chi connectivity index (χ2v) is 5.73. The zero-order chi connectivity index (χ0) is 18.6. The lowest BCUT2D eigenvalue weighted by atomic mass is 10.1.